The third-order valence-corrected chi connectivity index (χ3v) is 8.64. The van der Waals surface area contributed by atoms with Crippen LogP contribution in [-0.2, 0) is 21.4 Å². The molecule has 0 bridgehead atoms. The molecular weight excluding hydrogens is 520 g/mol. The molecule has 2 aromatic heterocycles. The number of halogens is 1. The van der Waals surface area contributed by atoms with Crippen LogP contribution < -0.4 is 9.62 Å². The van der Waals surface area contributed by atoms with Crippen LogP contribution in [0.5, 0.6) is 0 Å². The molecule has 0 unspecified atom stereocenters. The number of aromatic nitrogens is 3. The Morgan fingerprint density at radius 1 is 1.17 bits per heavy atom. The van der Waals surface area contributed by atoms with Crippen molar-refractivity contribution in [2.75, 3.05) is 29.3 Å². The van der Waals surface area contributed by atoms with E-state index < -0.39 is 10.0 Å². The molecule has 0 spiro atoms. The third kappa shape index (κ3) is 5.18. The van der Waals surface area contributed by atoms with Gasteiger partial charge >= 0.3 is 0 Å². The van der Waals surface area contributed by atoms with Crippen molar-refractivity contribution in [3.63, 3.8) is 0 Å². The van der Waals surface area contributed by atoms with E-state index in [4.69, 9.17) is 11.6 Å². The molecule has 1 saturated heterocycles. The standard InChI is InChI=1S/C24H25ClN6O3S2/c1-17-15-30(20-3-5-21(6-4-20)36(33,34)28-24-26-16-27-35-24)12-13-31(17)23(32)9-11-29-10-8-18-14-19(25)2-7-22(18)29/h2-8,10,14,16-17H,9,11-13,15H2,1H3,(H,26,27,28)/t17-/m0/s1. The summed E-state index contributed by atoms with van der Waals surface area (Å²) < 4.78 is 33.4. The maximum atomic E-state index is 13.0. The van der Waals surface area contributed by atoms with E-state index in [0.29, 0.717) is 37.6 Å². The minimum absolute atomic E-state index is 0.0361. The van der Waals surface area contributed by atoms with E-state index in [1.807, 2.05) is 42.3 Å². The molecule has 0 radical (unpaired) electrons. The van der Waals surface area contributed by atoms with E-state index >= 15 is 0 Å². The van der Waals surface area contributed by atoms with Gasteiger partial charge < -0.3 is 14.4 Å². The number of hydrogen-bond donors (Lipinski definition) is 1. The Balaban J connectivity index is 1.18. The second-order valence-electron chi connectivity index (χ2n) is 8.69. The van der Waals surface area contributed by atoms with Crippen LogP contribution in [0.25, 0.3) is 10.9 Å². The predicted molar refractivity (Wildman–Crippen MR) is 142 cm³/mol. The van der Waals surface area contributed by atoms with Gasteiger partial charge in [0.2, 0.25) is 11.0 Å². The summed E-state index contributed by atoms with van der Waals surface area (Å²) in [5.74, 6) is 0.127. The van der Waals surface area contributed by atoms with Crippen molar-refractivity contribution in [1.29, 1.82) is 0 Å². The fourth-order valence-corrected chi connectivity index (χ4v) is 6.36. The first-order chi connectivity index (χ1) is 17.3. The zero-order valence-corrected chi connectivity index (χ0v) is 21.9. The van der Waals surface area contributed by atoms with Crippen molar-refractivity contribution in [2.24, 2.45) is 0 Å². The molecule has 2 aromatic carbocycles. The number of benzene rings is 2. The van der Waals surface area contributed by atoms with Crippen LogP contribution in [0.3, 0.4) is 0 Å². The number of amides is 1. The molecule has 4 aromatic rings. The van der Waals surface area contributed by atoms with Crippen molar-refractivity contribution in [3.8, 4) is 0 Å². The molecule has 9 nitrogen and oxygen atoms in total. The number of carbonyl (C=O) groups is 1. The fraction of sp³-hybridized carbons (Fsp3) is 0.292. The number of sulfonamides is 1. The number of nitrogens with zero attached hydrogens (tertiary/aromatic N) is 5. The number of hydrogen-bond acceptors (Lipinski definition) is 7. The second kappa shape index (κ2) is 10.1. The molecule has 188 valence electrons. The van der Waals surface area contributed by atoms with Crippen LogP contribution in [0.4, 0.5) is 10.8 Å². The molecule has 1 N–H and O–H groups in total. The van der Waals surface area contributed by atoms with Gasteiger partial charge in [-0.1, -0.05) is 11.6 Å². The van der Waals surface area contributed by atoms with Crippen LogP contribution in [0.2, 0.25) is 5.02 Å². The number of piperazine rings is 1. The maximum Gasteiger partial charge on any atom is 0.263 e. The highest BCUT2D eigenvalue weighted by molar-refractivity contribution is 7.93. The Kier molecular flexibility index (Phi) is 6.87. The third-order valence-electron chi connectivity index (χ3n) is 6.34. The lowest BCUT2D eigenvalue weighted by Crippen LogP contribution is -2.54. The highest BCUT2D eigenvalue weighted by Crippen LogP contribution is 2.24. The zero-order valence-electron chi connectivity index (χ0n) is 19.5. The summed E-state index contributed by atoms with van der Waals surface area (Å²) in [6.45, 7) is 4.61. The summed E-state index contributed by atoms with van der Waals surface area (Å²) >= 11 is 7.05. The molecule has 1 amide bonds. The van der Waals surface area contributed by atoms with E-state index in [2.05, 4.69) is 23.5 Å². The minimum Gasteiger partial charge on any atom is -0.368 e. The van der Waals surface area contributed by atoms with Crippen LogP contribution in [-0.4, -0.2) is 58.8 Å². The summed E-state index contributed by atoms with van der Waals surface area (Å²) in [4.78, 5) is 21.1. The van der Waals surface area contributed by atoms with Crippen molar-refractivity contribution in [1.82, 2.24) is 18.8 Å². The Labute approximate surface area is 218 Å². The molecule has 0 saturated carbocycles. The van der Waals surface area contributed by atoms with Gasteiger partial charge in [0.15, 0.2) is 0 Å². The molecule has 5 rings (SSSR count). The van der Waals surface area contributed by atoms with E-state index in [1.165, 1.54) is 6.33 Å². The molecule has 1 fully saturated rings. The van der Waals surface area contributed by atoms with E-state index in [-0.39, 0.29) is 22.0 Å². The first-order valence-electron chi connectivity index (χ1n) is 11.5. The van der Waals surface area contributed by atoms with Crippen molar-refractivity contribution < 1.29 is 13.2 Å². The van der Waals surface area contributed by atoms with E-state index in [1.54, 1.807) is 24.3 Å². The van der Waals surface area contributed by atoms with Crippen LogP contribution in [0.15, 0.2) is 66.0 Å². The SMILES string of the molecule is C[C@H]1CN(c2ccc(S(=O)(=O)Nc3ncns3)cc2)CCN1C(=O)CCn1ccc2cc(Cl)ccc21. The van der Waals surface area contributed by atoms with E-state index in [9.17, 15) is 13.2 Å². The molecule has 1 aliphatic rings. The maximum absolute atomic E-state index is 13.0. The van der Waals surface area contributed by atoms with Crippen molar-refractivity contribution in [3.05, 3.63) is 66.1 Å². The lowest BCUT2D eigenvalue weighted by molar-refractivity contribution is -0.133. The Hall–Kier alpha value is -3.15. The Morgan fingerprint density at radius 2 is 1.97 bits per heavy atom. The summed E-state index contributed by atoms with van der Waals surface area (Å²) in [5.41, 5.74) is 1.98. The van der Waals surface area contributed by atoms with Crippen molar-refractivity contribution >= 4 is 60.8 Å². The molecule has 1 aliphatic heterocycles. The number of nitrogens with one attached hydrogen (secondary N) is 1. The van der Waals surface area contributed by atoms with Gasteiger partial charge in [0.1, 0.15) is 6.33 Å². The monoisotopic (exact) mass is 544 g/mol. The summed E-state index contributed by atoms with van der Waals surface area (Å²) in [6.07, 6.45) is 3.71. The minimum atomic E-state index is -3.72. The number of carbonyl (C=O) groups excluding carboxylic acids is 1. The summed E-state index contributed by atoms with van der Waals surface area (Å²) in [6, 6.07) is 14.6. The first-order valence-corrected chi connectivity index (χ1v) is 14.1. The van der Waals surface area contributed by atoms with Gasteiger partial charge in [-0.2, -0.15) is 4.37 Å². The summed E-state index contributed by atoms with van der Waals surface area (Å²) in [5, 5.41) is 1.99. The van der Waals surface area contributed by atoms with Gasteiger partial charge in [-0.25, -0.2) is 13.4 Å². The number of anilines is 2. The van der Waals surface area contributed by atoms with Crippen LogP contribution >= 0.6 is 23.1 Å². The van der Waals surface area contributed by atoms with Gasteiger partial charge in [0.05, 0.1) is 4.90 Å². The smallest absolute Gasteiger partial charge is 0.263 e. The normalized spacial score (nSPS) is 16.4. The van der Waals surface area contributed by atoms with Crippen LogP contribution in [0.1, 0.15) is 13.3 Å². The molecular formula is C24H25ClN6O3S2. The van der Waals surface area contributed by atoms with E-state index in [0.717, 1.165) is 28.1 Å². The van der Waals surface area contributed by atoms with Gasteiger partial charge in [0, 0.05) is 78.0 Å². The molecule has 3 heterocycles. The molecule has 36 heavy (non-hydrogen) atoms. The average molecular weight is 545 g/mol. The molecule has 0 aliphatic carbocycles. The quantitative estimate of drug-likeness (QED) is 0.376. The average Bonchev–Trinajstić information content (AvgIpc) is 3.51. The van der Waals surface area contributed by atoms with Crippen molar-refractivity contribution in [2.45, 2.75) is 30.8 Å². The Bertz CT molecular complexity index is 1470. The Morgan fingerprint density at radius 3 is 2.69 bits per heavy atom. The highest BCUT2D eigenvalue weighted by atomic mass is 35.5. The first kappa shape index (κ1) is 24.5. The number of fused-ring (bicyclic) bond motifs is 1. The van der Waals surface area contributed by atoms with Gasteiger partial charge in [0.25, 0.3) is 10.0 Å². The topological polar surface area (TPSA) is 100 Å². The number of aryl methyl sites for hydroxylation is 1. The number of rotatable bonds is 7. The molecule has 12 heteroatoms. The van der Waals surface area contributed by atoms with Gasteiger partial charge in [-0.15, -0.1) is 0 Å². The lowest BCUT2D eigenvalue weighted by atomic mass is 10.1. The fourth-order valence-electron chi connectivity index (χ4n) is 4.52. The van der Waals surface area contributed by atoms with Gasteiger partial charge in [-0.3, -0.25) is 9.52 Å². The largest absolute Gasteiger partial charge is 0.368 e. The second-order valence-corrected chi connectivity index (χ2v) is 11.6. The molecule has 1 atom stereocenters. The van der Waals surface area contributed by atoms with Crippen LogP contribution in [0, 0.1) is 0 Å². The zero-order chi connectivity index (χ0) is 25.3. The van der Waals surface area contributed by atoms with Gasteiger partial charge in [-0.05, 0) is 55.5 Å². The highest BCUT2D eigenvalue weighted by Gasteiger charge is 2.27. The lowest BCUT2D eigenvalue weighted by Gasteiger charge is -2.41. The summed E-state index contributed by atoms with van der Waals surface area (Å²) in [7, 11) is -3.72. The predicted octanol–water partition coefficient (Wildman–Crippen LogP) is 4.07.